The van der Waals surface area contributed by atoms with Crippen LogP contribution in [0.1, 0.15) is 12.0 Å². The van der Waals surface area contributed by atoms with E-state index in [0.717, 1.165) is 16.7 Å². The van der Waals surface area contributed by atoms with Crippen molar-refractivity contribution in [2.24, 2.45) is 0 Å². The van der Waals surface area contributed by atoms with Crippen molar-refractivity contribution in [1.29, 1.82) is 0 Å². The number of imide groups is 1. The van der Waals surface area contributed by atoms with E-state index < -0.39 is 5.82 Å². The minimum Gasteiger partial charge on any atom is -0.396 e. The van der Waals surface area contributed by atoms with Crippen LogP contribution in [0.3, 0.4) is 0 Å². The molecule has 0 unspecified atom stereocenters. The molecule has 1 aromatic carbocycles. The molecule has 1 aliphatic heterocycles. The summed E-state index contributed by atoms with van der Waals surface area (Å²) in [4.78, 5) is 24.2. The van der Waals surface area contributed by atoms with E-state index in [-0.39, 0.29) is 23.4 Å². The highest BCUT2D eigenvalue weighted by molar-refractivity contribution is 8.13. The first-order valence-electron chi connectivity index (χ1n) is 5.09. The molecule has 0 bridgehead atoms. The number of nitrogens with two attached hydrogens (primary N) is 1. The molecule has 1 heterocycles. The number of halogens is 1. The summed E-state index contributed by atoms with van der Waals surface area (Å²) >= 11 is 1.10. The Balaban J connectivity index is 2.16. The molecule has 0 aliphatic carbocycles. The number of anilines is 1. The van der Waals surface area contributed by atoms with E-state index in [1.807, 2.05) is 0 Å². The van der Waals surface area contributed by atoms with Crippen molar-refractivity contribution in [2.45, 2.75) is 13.0 Å². The fraction of sp³-hybridized carbons (Fsp3) is 0.273. The van der Waals surface area contributed by atoms with E-state index in [1.54, 1.807) is 6.07 Å². The Hall–Kier alpha value is -1.56. The molecule has 17 heavy (non-hydrogen) atoms. The fourth-order valence-corrected chi connectivity index (χ4v) is 2.32. The monoisotopic (exact) mass is 254 g/mol. The van der Waals surface area contributed by atoms with Gasteiger partial charge in [-0.2, -0.15) is 0 Å². The van der Waals surface area contributed by atoms with Crippen molar-refractivity contribution in [3.05, 3.63) is 29.6 Å². The van der Waals surface area contributed by atoms with Crippen LogP contribution in [-0.2, 0) is 11.3 Å². The molecule has 0 aromatic heterocycles. The van der Waals surface area contributed by atoms with Crippen molar-refractivity contribution < 1.29 is 14.0 Å². The molecule has 1 aromatic rings. The summed E-state index contributed by atoms with van der Waals surface area (Å²) < 4.78 is 13.2. The Labute approximate surface area is 102 Å². The molecule has 2 N–H and O–H groups in total. The van der Waals surface area contributed by atoms with E-state index in [2.05, 4.69) is 0 Å². The summed E-state index contributed by atoms with van der Waals surface area (Å²) in [6, 6.07) is 4.28. The van der Waals surface area contributed by atoms with Crippen LogP contribution in [0.2, 0.25) is 0 Å². The summed E-state index contributed by atoms with van der Waals surface area (Å²) in [6.07, 6.45) is 0.341. The van der Waals surface area contributed by atoms with Crippen molar-refractivity contribution in [3.63, 3.8) is 0 Å². The van der Waals surface area contributed by atoms with Crippen molar-refractivity contribution in [1.82, 2.24) is 4.90 Å². The summed E-state index contributed by atoms with van der Waals surface area (Å²) in [5, 5.41) is -0.279. The van der Waals surface area contributed by atoms with Gasteiger partial charge in [0.2, 0.25) is 5.91 Å². The predicted molar refractivity (Wildman–Crippen MR) is 63.8 cm³/mol. The summed E-state index contributed by atoms with van der Waals surface area (Å²) in [5.74, 6) is -0.234. The SMILES string of the molecule is Nc1ccc(CN2C(=O)CCSC2=O)cc1F. The number of hydrogen-bond donors (Lipinski definition) is 1. The van der Waals surface area contributed by atoms with E-state index in [9.17, 15) is 14.0 Å². The highest BCUT2D eigenvalue weighted by Gasteiger charge is 2.26. The molecule has 2 rings (SSSR count). The number of rotatable bonds is 2. The third-order valence-corrected chi connectivity index (χ3v) is 3.34. The average Bonchev–Trinajstić information content (AvgIpc) is 2.28. The van der Waals surface area contributed by atoms with Crippen molar-refractivity contribution in [3.8, 4) is 0 Å². The smallest absolute Gasteiger partial charge is 0.288 e. The maximum absolute atomic E-state index is 13.2. The molecule has 0 spiro atoms. The van der Waals surface area contributed by atoms with Gasteiger partial charge >= 0.3 is 0 Å². The fourth-order valence-electron chi connectivity index (χ4n) is 1.54. The highest BCUT2D eigenvalue weighted by Crippen LogP contribution is 2.21. The van der Waals surface area contributed by atoms with E-state index in [0.29, 0.717) is 17.7 Å². The maximum Gasteiger partial charge on any atom is 0.288 e. The minimum absolute atomic E-state index is 0.0550. The van der Waals surface area contributed by atoms with Crippen LogP contribution in [0.5, 0.6) is 0 Å². The predicted octanol–water partition coefficient (Wildman–Crippen LogP) is 1.99. The quantitative estimate of drug-likeness (QED) is 0.820. The number of carbonyl (C=O) groups is 2. The third-order valence-electron chi connectivity index (χ3n) is 2.47. The molecule has 1 aliphatic rings. The largest absolute Gasteiger partial charge is 0.396 e. The molecule has 90 valence electrons. The maximum atomic E-state index is 13.2. The molecule has 0 radical (unpaired) electrons. The number of nitrogens with zero attached hydrogens (tertiary/aromatic N) is 1. The highest BCUT2D eigenvalue weighted by atomic mass is 32.2. The summed E-state index contributed by atoms with van der Waals surface area (Å²) in [7, 11) is 0. The van der Waals surface area contributed by atoms with Gasteiger partial charge in [-0.1, -0.05) is 17.8 Å². The Morgan fingerprint density at radius 1 is 1.41 bits per heavy atom. The number of benzene rings is 1. The molecular formula is C11H11FN2O2S. The van der Waals surface area contributed by atoms with Crippen LogP contribution in [0.25, 0.3) is 0 Å². The first-order valence-corrected chi connectivity index (χ1v) is 6.07. The topological polar surface area (TPSA) is 63.4 Å². The Morgan fingerprint density at radius 3 is 2.82 bits per heavy atom. The van der Waals surface area contributed by atoms with Gasteiger partial charge in [-0.25, -0.2) is 4.39 Å². The lowest BCUT2D eigenvalue weighted by atomic mass is 10.2. The zero-order chi connectivity index (χ0) is 12.4. The average molecular weight is 254 g/mol. The van der Waals surface area contributed by atoms with Gasteiger partial charge in [0.15, 0.2) is 0 Å². The van der Waals surface area contributed by atoms with Crippen LogP contribution in [-0.4, -0.2) is 21.8 Å². The molecule has 1 fully saturated rings. The van der Waals surface area contributed by atoms with E-state index >= 15 is 0 Å². The molecule has 1 saturated heterocycles. The molecule has 0 saturated carbocycles. The van der Waals surface area contributed by atoms with Crippen LogP contribution in [0, 0.1) is 5.82 Å². The lowest BCUT2D eigenvalue weighted by Gasteiger charge is -2.24. The second-order valence-electron chi connectivity index (χ2n) is 3.70. The van der Waals surface area contributed by atoms with Gasteiger partial charge in [-0.05, 0) is 17.7 Å². The van der Waals surface area contributed by atoms with Gasteiger partial charge in [0.05, 0.1) is 12.2 Å². The van der Waals surface area contributed by atoms with Crippen molar-refractivity contribution >= 4 is 28.6 Å². The van der Waals surface area contributed by atoms with E-state index in [1.165, 1.54) is 12.1 Å². The lowest BCUT2D eigenvalue weighted by Crippen LogP contribution is -2.37. The summed E-state index contributed by atoms with van der Waals surface area (Å²) in [6.45, 7) is 0.0991. The van der Waals surface area contributed by atoms with Gasteiger partial charge in [0, 0.05) is 12.2 Å². The zero-order valence-corrected chi connectivity index (χ0v) is 9.80. The first-order chi connectivity index (χ1) is 8.08. The Morgan fingerprint density at radius 2 is 2.18 bits per heavy atom. The molecule has 2 amide bonds. The molecular weight excluding hydrogens is 243 g/mol. The van der Waals surface area contributed by atoms with Gasteiger partial charge < -0.3 is 5.73 Å². The second-order valence-corrected chi connectivity index (χ2v) is 4.75. The van der Waals surface area contributed by atoms with Gasteiger partial charge in [0.25, 0.3) is 5.24 Å². The number of nitrogen functional groups attached to an aromatic ring is 1. The van der Waals surface area contributed by atoms with Crippen molar-refractivity contribution in [2.75, 3.05) is 11.5 Å². The zero-order valence-electron chi connectivity index (χ0n) is 8.98. The normalized spacial score (nSPS) is 16.4. The Kier molecular flexibility index (Phi) is 3.33. The van der Waals surface area contributed by atoms with Crippen LogP contribution < -0.4 is 5.73 Å². The van der Waals surface area contributed by atoms with Gasteiger partial charge in [-0.3, -0.25) is 14.5 Å². The number of thioether (sulfide) groups is 1. The molecule has 4 nitrogen and oxygen atoms in total. The van der Waals surface area contributed by atoms with Gasteiger partial charge in [-0.15, -0.1) is 0 Å². The van der Waals surface area contributed by atoms with Gasteiger partial charge in [0.1, 0.15) is 5.82 Å². The Bertz CT molecular complexity index is 463. The van der Waals surface area contributed by atoms with Crippen LogP contribution in [0.15, 0.2) is 18.2 Å². The van der Waals surface area contributed by atoms with E-state index in [4.69, 9.17) is 5.73 Å². The first kappa shape index (κ1) is 11.9. The third kappa shape index (κ3) is 2.58. The molecule has 6 heteroatoms. The molecule has 0 atom stereocenters. The van der Waals surface area contributed by atoms with Crippen LogP contribution >= 0.6 is 11.8 Å². The summed E-state index contributed by atoms with van der Waals surface area (Å²) in [5.41, 5.74) is 5.96. The number of hydrogen-bond acceptors (Lipinski definition) is 4. The standard InChI is InChI=1S/C11H11FN2O2S/c12-8-5-7(1-2-9(8)13)6-14-10(15)3-4-17-11(14)16/h1-2,5H,3-4,6,13H2. The van der Waals surface area contributed by atoms with Crippen LogP contribution in [0.4, 0.5) is 14.9 Å². The second kappa shape index (κ2) is 4.75. The minimum atomic E-state index is -0.535. The lowest BCUT2D eigenvalue weighted by molar-refractivity contribution is -0.128. The number of carbonyl (C=O) groups excluding carboxylic acids is 2. The number of amides is 2.